The molecule has 4 aromatic rings. The first-order valence-corrected chi connectivity index (χ1v) is 9.42. The number of aromatic nitrogens is 4. The van der Waals surface area contributed by atoms with Crippen molar-refractivity contribution in [2.75, 3.05) is 11.1 Å². The van der Waals surface area contributed by atoms with Gasteiger partial charge in [-0.2, -0.15) is 15.2 Å². The minimum absolute atomic E-state index is 0.143. The highest BCUT2D eigenvalue weighted by atomic mass is 32.2. The number of rotatable bonds is 6. The fourth-order valence-electron chi connectivity index (χ4n) is 2.32. The maximum absolute atomic E-state index is 12.1. The largest absolute Gasteiger partial charge is 0.325 e. The molecule has 0 radical (unpaired) electrons. The van der Waals surface area contributed by atoms with E-state index in [0.717, 1.165) is 5.69 Å². The van der Waals surface area contributed by atoms with Crippen molar-refractivity contribution >= 4 is 40.5 Å². The second kappa shape index (κ2) is 8.40. The number of nitrogens with zero attached hydrogens (tertiary/aromatic N) is 6. The second-order valence-corrected chi connectivity index (χ2v) is 6.62. The molecule has 0 unspecified atom stereocenters. The topological polar surface area (TPSA) is 96.9 Å². The van der Waals surface area contributed by atoms with Gasteiger partial charge < -0.3 is 5.32 Å². The number of carbonyl (C=O) groups is 1. The molecule has 0 aliphatic rings. The molecule has 28 heavy (non-hydrogen) atoms. The Bertz CT molecular complexity index is 1080. The summed E-state index contributed by atoms with van der Waals surface area (Å²) in [6, 6.07) is 18.4. The van der Waals surface area contributed by atoms with Gasteiger partial charge in [0.15, 0.2) is 0 Å². The van der Waals surface area contributed by atoms with E-state index in [1.54, 1.807) is 47.2 Å². The average molecular weight is 389 g/mol. The average Bonchev–Trinajstić information content (AvgIpc) is 3.16. The summed E-state index contributed by atoms with van der Waals surface area (Å²) in [6.45, 7) is 0. The van der Waals surface area contributed by atoms with E-state index in [1.165, 1.54) is 11.8 Å². The van der Waals surface area contributed by atoms with Crippen LogP contribution in [-0.4, -0.2) is 31.2 Å². The van der Waals surface area contributed by atoms with Gasteiger partial charge in [0, 0.05) is 18.1 Å². The van der Waals surface area contributed by atoms with Gasteiger partial charge in [-0.05, 0) is 42.5 Å². The summed E-state index contributed by atoms with van der Waals surface area (Å²) in [7, 11) is 0. The molecular weight excluding hydrogens is 374 g/mol. The fourth-order valence-corrected chi connectivity index (χ4v) is 2.95. The molecule has 2 aromatic carbocycles. The molecule has 4 rings (SSSR count). The lowest BCUT2D eigenvalue weighted by Crippen LogP contribution is -2.13. The molecule has 2 aromatic heterocycles. The van der Waals surface area contributed by atoms with Crippen molar-refractivity contribution in [1.82, 2.24) is 19.6 Å². The summed E-state index contributed by atoms with van der Waals surface area (Å²) < 4.78 is 1.57. The highest BCUT2D eigenvalue weighted by Crippen LogP contribution is 2.20. The number of nitrogens with one attached hydrogen (secondary N) is 1. The van der Waals surface area contributed by atoms with Gasteiger partial charge in [0.05, 0.1) is 17.1 Å². The van der Waals surface area contributed by atoms with Crippen molar-refractivity contribution in [3.05, 3.63) is 73.1 Å². The maximum Gasteiger partial charge on any atom is 0.253 e. The van der Waals surface area contributed by atoms with Gasteiger partial charge in [-0.1, -0.05) is 30.0 Å². The Morgan fingerprint density at radius 1 is 1.00 bits per heavy atom. The zero-order valence-electron chi connectivity index (χ0n) is 14.6. The fraction of sp³-hybridized carbons (Fsp3) is 0.0526. The first-order valence-electron chi connectivity index (χ1n) is 8.43. The Morgan fingerprint density at radius 3 is 2.50 bits per heavy atom. The minimum atomic E-state index is -0.143. The van der Waals surface area contributed by atoms with Gasteiger partial charge in [-0.25, -0.2) is 9.50 Å². The highest BCUT2D eigenvalue weighted by molar-refractivity contribution is 7.99. The van der Waals surface area contributed by atoms with Gasteiger partial charge >= 0.3 is 0 Å². The van der Waals surface area contributed by atoms with Crippen LogP contribution in [0.3, 0.4) is 0 Å². The highest BCUT2D eigenvalue weighted by Gasteiger charge is 2.08. The third-order valence-corrected chi connectivity index (χ3v) is 4.46. The molecule has 0 atom stereocenters. The van der Waals surface area contributed by atoms with Crippen LogP contribution in [0.1, 0.15) is 0 Å². The maximum atomic E-state index is 12.1. The van der Waals surface area contributed by atoms with Crippen molar-refractivity contribution in [3.8, 4) is 0 Å². The molecule has 138 valence electrons. The van der Waals surface area contributed by atoms with Crippen molar-refractivity contribution in [3.63, 3.8) is 0 Å². The molecule has 0 saturated carbocycles. The Hall–Kier alpha value is -3.59. The lowest BCUT2D eigenvalue weighted by molar-refractivity contribution is -0.113. The monoisotopic (exact) mass is 389 g/mol. The molecule has 1 N–H and O–H groups in total. The number of hydrogen-bond donors (Lipinski definition) is 1. The first-order chi connectivity index (χ1) is 13.8. The van der Waals surface area contributed by atoms with E-state index in [0.29, 0.717) is 22.3 Å². The SMILES string of the molecule is O=C(CSc1nc2ncccn2n1)Nc1ccc(N=Nc2ccccc2)cc1. The van der Waals surface area contributed by atoms with Crippen LogP contribution in [-0.2, 0) is 4.79 Å². The van der Waals surface area contributed by atoms with Gasteiger partial charge in [0.2, 0.25) is 11.1 Å². The Labute approximate surface area is 164 Å². The van der Waals surface area contributed by atoms with Crippen LogP contribution >= 0.6 is 11.8 Å². The molecule has 0 aliphatic carbocycles. The zero-order chi connectivity index (χ0) is 19.2. The molecule has 0 aliphatic heterocycles. The van der Waals surface area contributed by atoms with Crippen molar-refractivity contribution < 1.29 is 4.79 Å². The number of azo groups is 1. The molecule has 1 amide bonds. The van der Waals surface area contributed by atoms with E-state index in [-0.39, 0.29) is 11.7 Å². The van der Waals surface area contributed by atoms with E-state index in [1.807, 2.05) is 30.3 Å². The van der Waals surface area contributed by atoms with Gasteiger partial charge in [-0.3, -0.25) is 4.79 Å². The van der Waals surface area contributed by atoms with Crippen molar-refractivity contribution in [2.45, 2.75) is 5.16 Å². The number of amides is 1. The Kier molecular flexibility index (Phi) is 5.34. The normalized spacial score (nSPS) is 11.1. The predicted octanol–water partition coefficient (Wildman–Crippen LogP) is 4.27. The minimum Gasteiger partial charge on any atom is -0.325 e. The van der Waals surface area contributed by atoms with Crippen LogP contribution in [0.4, 0.5) is 17.1 Å². The summed E-state index contributed by atoms with van der Waals surface area (Å²) in [5.74, 6) is 0.563. The van der Waals surface area contributed by atoms with Crippen LogP contribution in [0, 0.1) is 0 Å². The molecule has 0 fully saturated rings. The molecule has 9 heteroatoms. The smallest absolute Gasteiger partial charge is 0.253 e. The molecular formula is C19H15N7OS. The summed E-state index contributed by atoms with van der Waals surface area (Å²) in [6.07, 6.45) is 3.41. The first kappa shape index (κ1) is 17.8. The van der Waals surface area contributed by atoms with Crippen LogP contribution in [0.25, 0.3) is 5.78 Å². The summed E-state index contributed by atoms with van der Waals surface area (Å²) in [4.78, 5) is 20.5. The summed E-state index contributed by atoms with van der Waals surface area (Å²) in [5.41, 5.74) is 2.18. The lowest BCUT2D eigenvalue weighted by atomic mass is 10.3. The van der Waals surface area contributed by atoms with E-state index < -0.39 is 0 Å². The molecule has 0 bridgehead atoms. The van der Waals surface area contributed by atoms with Crippen molar-refractivity contribution in [2.24, 2.45) is 10.2 Å². The van der Waals surface area contributed by atoms with Crippen molar-refractivity contribution in [1.29, 1.82) is 0 Å². The van der Waals surface area contributed by atoms with Gasteiger partial charge in [0.25, 0.3) is 5.78 Å². The molecule has 0 spiro atoms. The van der Waals surface area contributed by atoms with E-state index in [2.05, 4.69) is 30.6 Å². The number of anilines is 1. The Balaban J connectivity index is 1.31. The van der Waals surface area contributed by atoms with E-state index in [4.69, 9.17) is 0 Å². The number of benzene rings is 2. The number of thioether (sulfide) groups is 1. The van der Waals surface area contributed by atoms with Crippen LogP contribution in [0.15, 0.2) is 88.4 Å². The van der Waals surface area contributed by atoms with E-state index >= 15 is 0 Å². The number of fused-ring (bicyclic) bond motifs is 1. The lowest BCUT2D eigenvalue weighted by Gasteiger charge is -2.04. The zero-order valence-corrected chi connectivity index (χ0v) is 15.5. The second-order valence-electron chi connectivity index (χ2n) is 5.68. The quantitative estimate of drug-likeness (QED) is 0.392. The summed E-state index contributed by atoms with van der Waals surface area (Å²) in [5, 5.41) is 15.9. The van der Waals surface area contributed by atoms with E-state index in [9.17, 15) is 4.79 Å². The third-order valence-electron chi connectivity index (χ3n) is 3.62. The van der Waals surface area contributed by atoms with Crippen LogP contribution < -0.4 is 5.32 Å². The third kappa shape index (κ3) is 4.57. The molecule has 8 nitrogen and oxygen atoms in total. The standard InChI is InChI=1S/C19H15N7OS/c27-17(13-28-19-22-18-20-11-4-12-26(18)25-19)21-14-7-9-16(10-8-14)24-23-15-5-2-1-3-6-15/h1-12H,13H2,(H,21,27). The van der Waals surface area contributed by atoms with Crippen LogP contribution in [0.2, 0.25) is 0 Å². The summed E-state index contributed by atoms with van der Waals surface area (Å²) >= 11 is 1.25. The molecule has 0 saturated heterocycles. The predicted molar refractivity (Wildman–Crippen MR) is 107 cm³/mol. The van der Waals surface area contributed by atoms with Crippen LogP contribution in [0.5, 0.6) is 0 Å². The number of hydrogen-bond acceptors (Lipinski definition) is 7. The van der Waals surface area contributed by atoms with Gasteiger partial charge in [0.1, 0.15) is 0 Å². The Morgan fingerprint density at radius 2 is 1.75 bits per heavy atom. The molecule has 2 heterocycles. The van der Waals surface area contributed by atoms with Gasteiger partial charge in [-0.15, -0.1) is 5.10 Å². The number of carbonyl (C=O) groups excluding carboxylic acids is 1.